The van der Waals surface area contributed by atoms with E-state index in [1.165, 1.54) is 0 Å². The van der Waals surface area contributed by atoms with Gasteiger partial charge in [-0.25, -0.2) is 0 Å². The highest BCUT2D eigenvalue weighted by Crippen LogP contribution is 2.21. The topological polar surface area (TPSA) is 74.3 Å². The monoisotopic (exact) mass is 366 g/mol. The van der Waals surface area contributed by atoms with Crippen LogP contribution in [0.5, 0.6) is 0 Å². The van der Waals surface area contributed by atoms with Crippen LogP contribution in [-0.2, 0) is 11.3 Å². The molecule has 142 valence electrons. The van der Waals surface area contributed by atoms with Crippen molar-refractivity contribution in [3.8, 4) is 0 Å². The Morgan fingerprint density at radius 1 is 1.22 bits per heavy atom. The fourth-order valence-electron chi connectivity index (χ4n) is 3.33. The Labute approximate surface area is 160 Å². The zero-order chi connectivity index (χ0) is 19.1. The van der Waals surface area contributed by atoms with Crippen molar-refractivity contribution in [1.82, 2.24) is 15.2 Å². The first-order valence-corrected chi connectivity index (χ1v) is 9.47. The number of hydrogen-bond acceptors (Lipinski definition) is 4. The van der Waals surface area contributed by atoms with Gasteiger partial charge in [-0.15, -0.1) is 0 Å². The molecule has 0 radical (unpaired) electrons. The second kappa shape index (κ2) is 9.28. The molecule has 1 aliphatic heterocycles. The van der Waals surface area contributed by atoms with Crippen LogP contribution < -0.4 is 10.6 Å². The molecule has 27 heavy (non-hydrogen) atoms. The molecule has 6 heteroatoms. The van der Waals surface area contributed by atoms with Crippen LogP contribution in [0.3, 0.4) is 0 Å². The summed E-state index contributed by atoms with van der Waals surface area (Å²) in [5.74, 6) is -0.257. The second-order valence-corrected chi connectivity index (χ2v) is 6.80. The molecule has 1 fully saturated rings. The van der Waals surface area contributed by atoms with Crippen molar-refractivity contribution in [1.29, 1.82) is 0 Å². The zero-order valence-corrected chi connectivity index (χ0v) is 15.6. The number of aromatic nitrogens is 1. The van der Waals surface area contributed by atoms with Gasteiger partial charge in [0.25, 0.3) is 5.91 Å². The second-order valence-electron chi connectivity index (χ2n) is 6.80. The quantitative estimate of drug-likeness (QED) is 0.824. The Morgan fingerprint density at radius 2 is 2.04 bits per heavy atom. The lowest BCUT2D eigenvalue weighted by Crippen LogP contribution is -2.43. The fraction of sp³-hybridized carbons (Fsp3) is 0.381. The van der Waals surface area contributed by atoms with Crippen LogP contribution in [0.4, 0.5) is 5.69 Å². The summed E-state index contributed by atoms with van der Waals surface area (Å²) in [6, 6.07) is 11.3. The average molecular weight is 366 g/mol. The number of piperidine rings is 1. The van der Waals surface area contributed by atoms with Gasteiger partial charge < -0.3 is 15.5 Å². The third kappa shape index (κ3) is 5.14. The fourth-order valence-corrected chi connectivity index (χ4v) is 3.33. The summed E-state index contributed by atoms with van der Waals surface area (Å²) in [4.78, 5) is 31.1. The van der Waals surface area contributed by atoms with Crippen LogP contribution in [0.2, 0.25) is 0 Å². The number of nitrogens with zero attached hydrogens (tertiary/aromatic N) is 2. The molecule has 0 aliphatic carbocycles. The van der Waals surface area contributed by atoms with Crippen LogP contribution in [0, 0.1) is 5.92 Å². The molecule has 2 heterocycles. The molecule has 6 nitrogen and oxygen atoms in total. The van der Waals surface area contributed by atoms with Gasteiger partial charge in [-0.1, -0.05) is 19.1 Å². The maximum atomic E-state index is 12.7. The Kier molecular flexibility index (Phi) is 6.54. The van der Waals surface area contributed by atoms with E-state index in [-0.39, 0.29) is 17.7 Å². The van der Waals surface area contributed by atoms with Gasteiger partial charge in [-0.05, 0) is 49.2 Å². The van der Waals surface area contributed by atoms with Crippen molar-refractivity contribution in [2.45, 2.75) is 26.3 Å². The minimum absolute atomic E-state index is 0.0252. The van der Waals surface area contributed by atoms with Crippen LogP contribution >= 0.6 is 0 Å². The van der Waals surface area contributed by atoms with Crippen LogP contribution in [0.25, 0.3) is 0 Å². The van der Waals surface area contributed by atoms with Crippen molar-refractivity contribution < 1.29 is 9.59 Å². The van der Waals surface area contributed by atoms with Crippen LogP contribution in [-0.4, -0.2) is 41.3 Å². The van der Waals surface area contributed by atoms with E-state index in [2.05, 4.69) is 22.5 Å². The summed E-state index contributed by atoms with van der Waals surface area (Å²) >= 11 is 0. The molecular weight excluding hydrogens is 340 g/mol. The van der Waals surface area contributed by atoms with Gasteiger partial charge in [0.05, 0.1) is 5.92 Å². The summed E-state index contributed by atoms with van der Waals surface area (Å²) < 4.78 is 0. The number of amides is 2. The highest BCUT2D eigenvalue weighted by Gasteiger charge is 2.29. The summed E-state index contributed by atoms with van der Waals surface area (Å²) in [6.45, 7) is 4.87. The lowest BCUT2D eigenvalue weighted by molar-refractivity contribution is -0.121. The molecule has 1 saturated heterocycles. The number of benzene rings is 1. The maximum absolute atomic E-state index is 12.7. The van der Waals surface area contributed by atoms with Crippen molar-refractivity contribution in [3.63, 3.8) is 0 Å². The van der Waals surface area contributed by atoms with Gasteiger partial charge >= 0.3 is 0 Å². The standard InChI is InChI=1S/C21H26N4O2/c1-2-22-14-16-5-3-7-19(13-16)24-20(26)18-6-4-12-25(15-18)21(27)17-8-10-23-11-9-17/h3,5,7-11,13,18,22H,2,4,6,12,14-15H2,1H3,(H,24,26). The Hall–Kier alpha value is -2.73. The predicted molar refractivity (Wildman–Crippen MR) is 105 cm³/mol. The lowest BCUT2D eigenvalue weighted by atomic mass is 9.96. The third-order valence-electron chi connectivity index (χ3n) is 4.78. The van der Waals surface area contributed by atoms with E-state index in [4.69, 9.17) is 0 Å². The minimum atomic E-state index is -0.193. The van der Waals surface area contributed by atoms with Gasteiger partial charge in [0, 0.05) is 43.3 Å². The minimum Gasteiger partial charge on any atom is -0.338 e. The Bertz CT molecular complexity index is 779. The number of rotatable bonds is 6. The van der Waals surface area contributed by atoms with E-state index >= 15 is 0 Å². The number of nitrogens with one attached hydrogen (secondary N) is 2. The van der Waals surface area contributed by atoms with Gasteiger partial charge in [0.1, 0.15) is 0 Å². The number of likely N-dealkylation sites (tertiary alicyclic amines) is 1. The molecule has 1 aromatic carbocycles. The number of pyridine rings is 1. The zero-order valence-electron chi connectivity index (χ0n) is 15.6. The first-order chi connectivity index (χ1) is 13.2. The molecule has 1 aromatic heterocycles. The number of carbonyl (C=O) groups is 2. The SMILES string of the molecule is CCNCc1cccc(NC(=O)C2CCCN(C(=O)c3ccncc3)C2)c1. The average Bonchev–Trinajstić information content (AvgIpc) is 2.72. The summed E-state index contributed by atoms with van der Waals surface area (Å²) in [5.41, 5.74) is 2.54. The van der Waals surface area contributed by atoms with Crippen molar-refractivity contribution in [3.05, 3.63) is 59.9 Å². The molecule has 1 unspecified atom stereocenters. The molecule has 2 aromatic rings. The summed E-state index contributed by atoms with van der Waals surface area (Å²) in [7, 11) is 0. The van der Waals surface area contributed by atoms with E-state index in [1.807, 2.05) is 24.3 Å². The van der Waals surface area contributed by atoms with Crippen LogP contribution in [0.1, 0.15) is 35.7 Å². The lowest BCUT2D eigenvalue weighted by Gasteiger charge is -2.32. The van der Waals surface area contributed by atoms with Crippen molar-refractivity contribution >= 4 is 17.5 Å². The van der Waals surface area contributed by atoms with E-state index in [1.54, 1.807) is 29.4 Å². The molecule has 0 saturated carbocycles. The number of carbonyl (C=O) groups excluding carboxylic acids is 2. The van der Waals surface area contributed by atoms with Crippen molar-refractivity contribution in [2.75, 3.05) is 25.0 Å². The molecule has 2 N–H and O–H groups in total. The highest BCUT2D eigenvalue weighted by molar-refractivity contribution is 5.96. The molecule has 1 atom stereocenters. The molecule has 0 spiro atoms. The van der Waals surface area contributed by atoms with E-state index < -0.39 is 0 Å². The van der Waals surface area contributed by atoms with Gasteiger partial charge in [-0.3, -0.25) is 14.6 Å². The summed E-state index contributed by atoms with van der Waals surface area (Å²) in [5, 5.41) is 6.29. The first-order valence-electron chi connectivity index (χ1n) is 9.47. The largest absolute Gasteiger partial charge is 0.338 e. The van der Waals surface area contributed by atoms with Crippen LogP contribution in [0.15, 0.2) is 48.8 Å². The van der Waals surface area contributed by atoms with E-state index in [0.717, 1.165) is 37.2 Å². The smallest absolute Gasteiger partial charge is 0.253 e. The first kappa shape index (κ1) is 19.0. The van der Waals surface area contributed by atoms with Gasteiger partial charge in [0.2, 0.25) is 5.91 Å². The summed E-state index contributed by atoms with van der Waals surface area (Å²) in [6.07, 6.45) is 4.85. The van der Waals surface area contributed by atoms with Gasteiger partial charge in [0.15, 0.2) is 0 Å². The Balaban J connectivity index is 1.61. The van der Waals surface area contributed by atoms with Gasteiger partial charge in [-0.2, -0.15) is 0 Å². The normalized spacial score (nSPS) is 16.8. The predicted octanol–water partition coefficient (Wildman–Crippen LogP) is 2.68. The van der Waals surface area contributed by atoms with Crippen molar-refractivity contribution in [2.24, 2.45) is 5.92 Å². The maximum Gasteiger partial charge on any atom is 0.253 e. The molecule has 3 rings (SSSR count). The molecule has 0 bridgehead atoms. The molecule has 1 aliphatic rings. The number of hydrogen-bond donors (Lipinski definition) is 2. The number of anilines is 1. The molecule has 2 amide bonds. The van der Waals surface area contributed by atoms with E-state index in [9.17, 15) is 9.59 Å². The Morgan fingerprint density at radius 3 is 2.81 bits per heavy atom. The van der Waals surface area contributed by atoms with E-state index in [0.29, 0.717) is 18.7 Å². The highest BCUT2D eigenvalue weighted by atomic mass is 16.2. The third-order valence-corrected chi connectivity index (χ3v) is 4.78. The molecular formula is C21H26N4O2.